The van der Waals surface area contributed by atoms with E-state index in [2.05, 4.69) is 15.3 Å². The van der Waals surface area contributed by atoms with E-state index in [4.69, 9.17) is 0 Å². The molecule has 1 saturated heterocycles. The van der Waals surface area contributed by atoms with Crippen molar-refractivity contribution in [2.75, 3.05) is 12.8 Å². The molecule has 0 aliphatic carbocycles. The van der Waals surface area contributed by atoms with Crippen molar-refractivity contribution >= 4 is 16.9 Å². The van der Waals surface area contributed by atoms with Crippen molar-refractivity contribution in [3.63, 3.8) is 0 Å². The summed E-state index contributed by atoms with van der Waals surface area (Å²) in [6, 6.07) is 4.92. The van der Waals surface area contributed by atoms with Crippen LogP contribution in [0.2, 0.25) is 0 Å². The first-order chi connectivity index (χ1) is 6.79. The second-order valence-corrected chi connectivity index (χ2v) is 3.93. The highest BCUT2D eigenvalue weighted by Gasteiger charge is 2.22. The van der Waals surface area contributed by atoms with Crippen LogP contribution in [0.4, 0.5) is 4.39 Å². The molecule has 0 spiro atoms. The Hall–Kier alpha value is -1.10. The van der Waals surface area contributed by atoms with Gasteiger partial charge in [0.2, 0.25) is 5.95 Å². The summed E-state index contributed by atoms with van der Waals surface area (Å²) in [5.74, 6) is 0.416. The first-order valence-corrected chi connectivity index (χ1v) is 5.27. The lowest BCUT2D eigenvalue weighted by Crippen LogP contribution is -2.20. The maximum absolute atomic E-state index is 12.8. The van der Waals surface area contributed by atoms with Crippen LogP contribution in [-0.4, -0.2) is 23.0 Å². The molecular formula is C9H10FN3S. The van der Waals surface area contributed by atoms with Gasteiger partial charge in [0.15, 0.2) is 5.17 Å². The smallest absolute Gasteiger partial charge is 0.213 e. The van der Waals surface area contributed by atoms with Gasteiger partial charge in [0.25, 0.3) is 0 Å². The third kappa shape index (κ3) is 1.87. The van der Waals surface area contributed by atoms with E-state index in [-0.39, 0.29) is 6.04 Å². The van der Waals surface area contributed by atoms with E-state index in [1.165, 1.54) is 6.07 Å². The third-order valence-electron chi connectivity index (χ3n) is 1.98. The summed E-state index contributed by atoms with van der Waals surface area (Å²) in [6.07, 6.45) is 0. The maximum Gasteiger partial charge on any atom is 0.213 e. The number of nitrogens with zero attached hydrogens (tertiary/aromatic N) is 2. The fraction of sp³-hybridized carbons (Fsp3) is 0.333. The standard InChI is InChI=1S/C9H10FN3S/c1-11-9-13-7(5-14-9)6-3-2-4-8(10)12-6/h2-4,7H,5H2,1H3,(H,11,13). The summed E-state index contributed by atoms with van der Waals surface area (Å²) in [7, 11) is 1.73. The molecule has 1 aromatic heterocycles. The minimum Gasteiger partial charge on any atom is -0.356 e. The molecule has 2 rings (SSSR count). The van der Waals surface area contributed by atoms with Gasteiger partial charge in [0.1, 0.15) is 0 Å². The minimum absolute atomic E-state index is 0.0781. The molecule has 1 aromatic rings. The lowest BCUT2D eigenvalue weighted by atomic mass is 10.2. The van der Waals surface area contributed by atoms with Gasteiger partial charge in [-0.2, -0.15) is 4.39 Å². The molecule has 5 heteroatoms. The fourth-order valence-electron chi connectivity index (χ4n) is 1.30. The molecule has 1 unspecified atom stereocenters. The Morgan fingerprint density at radius 1 is 1.64 bits per heavy atom. The van der Waals surface area contributed by atoms with Crippen LogP contribution in [0, 0.1) is 5.95 Å². The molecule has 0 saturated carbocycles. The van der Waals surface area contributed by atoms with Crippen molar-refractivity contribution in [3.05, 3.63) is 29.8 Å². The quantitative estimate of drug-likeness (QED) is 0.717. The number of rotatable bonds is 1. The number of aliphatic imine (C=N–C) groups is 1. The van der Waals surface area contributed by atoms with Crippen LogP contribution < -0.4 is 5.32 Å². The Morgan fingerprint density at radius 2 is 2.50 bits per heavy atom. The van der Waals surface area contributed by atoms with Gasteiger partial charge in [-0.3, -0.25) is 4.99 Å². The van der Waals surface area contributed by atoms with E-state index >= 15 is 0 Å². The summed E-state index contributed by atoms with van der Waals surface area (Å²) in [4.78, 5) is 7.86. The van der Waals surface area contributed by atoms with Crippen molar-refractivity contribution in [1.29, 1.82) is 0 Å². The average Bonchev–Trinajstić information content (AvgIpc) is 2.66. The van der Waals surface area contributed by atoms with Crippen LogP contribution >= 0.6 is 11.8 Å². The highest BCUT2D eigenvalue weighted by Crippen LogP contribution is 2.24. The normalized spacial score (nSPS) is 23.9. The average molecular weight is 211 g/mol. The zero-order valence-corrected chi connectivity index (χ0v) is 8.51. The Kier molecular flexibility index (Phi) is 2.67. The molecule has 1 fully saturated rings. The number of hydrogen-bond donors (Lipinski definition) is 1. The van der Waals surface area contributed by atoms with Crippen LogP contribution in [0.5, 0.6) is 0 Å². The van der Waals surface area contributed by atoms with E-state index < -0.39 is 5.95 Å². The summed E-state index contributed by atoms with van der Waals surface area (Å²) >= 11 is 1.63. The number of thioether (sulfide) groups is 1. The fourth-order valence-corrected chi connectivity index (χ4v) is 2.23. The van der Waals surface area contributed by atoms with Crippen LogP contribution in [0.25, 0.3) is 0 Å². The molecule has 0 amide bonds. The van der Waals surface area contributed by atoms with Gasteiger partial charge in [-0.25, -0.2) is 4.98 Å². The van der Waals surface area contributed by atoms with Crippen molar-refractivity contribution < 1.29 is 4.39 Å². The summed E-state index contributed by atoms with van der Waals surface area (Å²) in [5.41, 5.74) is 0.733. The third-order valence-corrected chi connectivity index (χ3v) is 3.06. The maximum atomic E-state index is 12.8. The highest BCUT2D eigenvalue weighted by molar-refractivity contribution is 8.14. The van der Waals surface area contributed by atoms with Crippen molar-refractivity contribution in [3.8, 4) is 0 Å². The summed E-state index contributed by atoms with van der Waals surface area (Å²) in [5, 5.41) is 4.06. The van der Waals surface area contributed by atoms with Gasteiger partial charge < -0.3 is 5.32 Å². The van der Waals surface area contributed by atoms with E-state index in [0.29, 0.717) is 0 Å². The first kappa shape index (κ1) is 9.45. The number of hydrogen-bond acceptors (Lipinski definition) is 3. The molecule has 1 N–H and O–H groups in total. The monoisotopic (exact) mass is 211 g/mol. The lowest BCUT2D eigenvalue weighted by molar-refractivity contribution is 0.566. The Morgan fingerprint density at radius 3 is 3.14 bits per heavy atom. The molecule has 0 aromatic carbocycles. The number of halogens is 1. The minimum atomic E-state index is -0.434. The number of pyridine rings is 1. The molecule has 1 atom stereocenters. The van der Waals surface area contributed by atoms with Crippen LogP contribution in [0.15, 0.2) is 23.2 Å². The van der Waals surface area contributed by atoms with Crippen molar-refractivity contribution in [2.24, 2.45) is 4.99 Å². The van der Waals surface area contributed by atoms with E-state index in [9.17, 15) is 4.39 Å². The van der Waals surface area contributed by atoms with Crippen LogP contribution in [0.1, 0.15) is 11.7 Å². The van der Waals surface area contributed by atoms with Crippen LogP contribution in [0.3, 0.4) is 0 Å². The highest BCUT2D eigenvalue weighted by atomic mass is 32.2. The van der Waals surface area contributed by atoms with Gasteiger partial charge in [-0.15, -0.1) is 0 Å². The van der Waals surface area contributed by atoms with Gasteiger partial charge >= 0.3 is 0 Å². The van der Waals surface area contributed by atoms with Gasteiger partial charge in [-0.1, -0.05) is 17.8 Å². The topological polar surface area (TPSA) is 37.3 Å². The van der Waals surface area contributed by atoms with Gasteiger partial charge in [-0.05, 0) is 12.1 Å². The zero-order valence-electron chi connectivity index (χ0n) is 7.70. The van der Waals surface area contributed by atoms with Crippen molar-refractivity contribution in [1.82, 2.24) is 10.3 Å². The van der Waals surface area contributed by atoms with E-state index in [1.807, 2.05) is 6.07 Å². The predicted octanol–water partition coefficient (Wildman–Crippen LogP) is 1.58. The zero-order chi connectivity index (χ0) is 9.97. The Balaban J connectivity index is 2.17. The second-order valence-electron chi connectivity index (χ2n) is 2.92. The first-order valence-electron chi connectivity index (χ1n) is 4.28. The largest absolute Gasteiger partial charge is 0.356 e. The molecule has 1 aliphatic rings. The molecule has 3 nitrogen and oxygen atoms in total. The van der Waals surface area contributed by atoms with Gasteiger partial charge in [0, 0.05) is 12.8 Å². The van der Waals surface area contributed by atoms with Crippen molar-refractivity contribution in [2.45, 2.75) is 6.04 Å². The predicted molar refractivity (Wildman–Crippen MR) is 55.9 cm³/mol. The molecular weight excluding hydrogens is 201 g/mol. The second kappa shape index (κ2) is 3.96. The van der Waals surface area contributed by atoms with E-state index in [0.717, 1.165) is 16.6 Å². The molecule has 0 radical (unpaired) electrons. The van der Waals surface area contributed by atoms with Crippen LogP contribution in [-0.2, 0) is 0 Å². The number of amidine groups is 1. The Labute approximate surface area is 85.8 Å². The molecule has 1 aliphatic heterocycles. The SMILES string of the molecule is CN=C1NC(c2cccc(F)n2)CS1. The van der Waals surface area contributed by atoms with E-state index in [1.54, 1.807) is 24.9 Å². The molecule has 2 heterocycles. The molecule has 74 valence electrons. The summed E-state index contributed by atoms with van der Waals surface area (Å²) in [6.45, 7) is 0. The number of aromatic nitrogens is 1. The molecule has 0 bridgehead atoms. The summed E-state index contributed by atoms with van der Waals surface area (Å²) < 4.78 is 12.8. The molecule has 14 heavy (non-hydrogen) atoms. The van der Waals surface area contributed by atoms with Gasteiger partial charge in [0.05, 0.1) is 11.7 Å². The number of nitrogens with one attached hydrogen (secondary N) is 1. The lowest BCUT2D eigenvalue weighted by Gasteiger charge is -2.08. The Bertz CT molecular complexity index is 367.